The smallest absolute Gasteiger partial charge is 0.239 e. The maximum absolute atomic E-state index is 12.1. The number of benzene rings is 1. The average molecular weight is 333 g/mol. The number of halogens is 2. The van der Waals surface area contributed by atoms with Crippen LogP contribution in [0.3, 0.4) is 0 Å². The normalized spacial score (nSPS) is 14.0. The van der Waals surface area contributed by atoms with Crippen molar-refractivity contribution in [2.75, 3.05) is 6.54 Å². The molecule has 0 aliphatic heterocycles. The molecule has 5 heteroatoms. The number of hydrogen-bond acceptors (Lipinski definition) is 2. The zero-order chi connectivity index (χ0) is 15.4. The molecule has 0 saturated carbocycles. The number of carbonyl (C=O) groups is 1. The highest BCUT2D eigenvalue weighted by molar-refractivity contribution is 6.30. The van der Waals surface area contributed by atoms with Crippen LogP contribution in [-0.2, 0) is 10.2 Å². The molecule has 1 aromatic rings. The summed E-state index contributed by atoms with van der Waals surface area (Å²) < 4.78 is 0. The van der Waals surface area contributed by atoms with Gasteiger partial charge in [0.15, 0.2) is 0 Å². The highest BCUT2D eigenvalue weighted by Crippen LogP contribution is 2.24. The molecule has 1 unspecified atom stereocenters. The van der Waals surface area contributed by atoms with Crippen molar-refractivity contribution in [2.45, 2.75) is 51.5 Å². The monoisotopic (exact) mass is 332 g/mol. The van der Waals surface area contributed by atoms with Crippen molar-refractivity contribution in [3.8, 4) is 0 Å². The first-order valence-corrected chi connectivity index (χ1v) is 7.40. The molecule has 1 aromatic carbocycles. The number of nitrogens with two attached hydrogens (primary N) is 1. The molecule has 1 rings (SSSR count). The van der Waals surface area contributed by atoms with E-state index in [9.17, 15) is 4.79 Å². The molecule has 0 aliphatic carbocycles. The molecule has 0 saturated heterocycles. The van der Waals surface area contributed by atoms with Crippen LogP contribution in [0.15, 0.2) is 24.3 Å². The molecule has 1 atom stereocenters. The minimum Gasteiger partial charge on any atom is -0.354 e. The Morgan fingerprint density at radius 3 is 2.24 bits per heavy atom. The minimum atomic E-state index is -0.801. The second kappa shape index (κ2) is 8.02. The van der Waals surface area contributed by atoms with Crippen LogP contribution in [0.5, 0.6) is 0 Å². The lowest BCUT2D eigenvalue weighted by atomic mass is 9.84. The summed E-state index contributed by atoms with van der Waals surface area (Å²) in [6.45, 7) is 8.52. The Labute approximate surface area is 139 Å². The molecule has 120 valence electrons. The largest absolute Gasteiger partial charge is 0.354 e. The lowest BCUT2D eigenvalue weighted by Gasteiger charge is -2.29. The molecule has 3 nitrogen and oxygen atoms in total. The summed E-state index contributed by atoms with van der Waals surface area (Å²) in [5, 5.41) is 3.68. The van der Waals surface area contributed by atoms with E-state index in [-0.39, 0.29) is 23.7 Å². The first-order chi connectivity index (χ1) is 9.19. The van der Waals surface area contributed by atoms with Gasteiger partial charge in [-0.2, -0.15) is 0 Å². The van der Waals surface area contributed by atoms with E-state index in [1.54, 1.807) is 6.92 Å². The lowest BCUT2D eigenvalue weighted by molar-refractivity contribution is -0.126. The Hall–Kier alpha value is -0.770. The van der Waals surface area contributed by atoms with E-state index in [2.05, 4.69) is 19.2 Å². The van der Waals surface area contributed by atoms with Crippen LogP contribution in [0.25, 0.3) is 0 Å². The molecule has 0 aromatic heterocycles. The van der Waals surface area contributed by atoms with Gasteiger partial charge in [0, 0.05) is 17.0 Å². The van der Waals surface area contributed by atoms with E-state index < -0.39 is 5.54 Å². The minimum absolute atomic E-state index is 0. The quantitative estimate of drug-likeness (QED) is 0.834. The number of nitrogens with one attached hydrogen (secondary N) is 1. The van der Waals surface area contributed by atoms with E-state index in [1.807, 2.05) is 31.2 Å². The van der Waals surface area contributed by atoms with E-state index >= 15 is 0 Å². The summed E-state index contributed by atoms with van der Waals surface area (Å²) in [6.07, 6.45) is 1.57. The van der Waals surface area contributed by atoms with Gasteiger partial charge < -0.3 is 11.1 Å². The van der Waals surface area contributed by atoms with Gasteiger partial charge in [-0.3, -0.25) is 4.79 Å². The predicted octanol–water partition coefficient (Wildman–Crippen LogP) is 3.67. The second-order valence-electron chi connectivity index (χ2n) is 6.24. The van der Waals surface area contributed by atoms with Crippen molar-refractivity contribution >= 4 is 29.9 Å². The van der Waals surface area contributed by atoms with E-state index in [0.29, 0.717) is 18.0 Å². The second-order valence-corrected chi connectivity index (χ2v) is 6.68. The molecule has 0 heterocycles. The third-order valence-corrected chi connectivity index (χ3v) is 3.86. The third kappa shape index (κ3) is 5.85. The Morgan fingerprint density at radius 1 is 1.24 bits per heavy atom. The van der Waals surface area contributed by atoms with E-state index in [1.165, 1.54) is 0 Å². The highest BCUT2D eigenvalue weighted by Gasteiger charge is 2.29. The van der Waals surface area contributed by atoms with Gasteiger partial charge in [-0.15, -0.1) is 12.4 Å². The van der Waals surface area contributed by atoms with Crippen LogP contribution in [0.4, 0.5) is 0 Å². The summed E-state index contributed by atoms with van der Waals surface area (Å²) in [5.41, 5.74) is 6.20. The molecule has 0 spiro atoms. The van der Waals surface area contributed by atoms with E-state index in [4.69, 9.17) is 17.3 Å². The van der Waals surface area contributed by atoms with Crippen molar-refractivity contribution < 1.29 is 4.79 Å². The van der Waals surface area contributed by atoms with E-state index in [0.717, 1.165) is 12.0 Å². The Kier molecular flexibility index (Phi) is 7.73. The molecule has 0 aliphatic rings. The molecular formula is C16H26Cl2N2O. The zero-order valence-corrected chi connectivity index (χ0v) is 14.8. The third-order valence-electron chi connectivity index (χ3n) is 3.60. The number of hydrogen-bond donors (Lipinski definition) is 2. The average Bonchev–Trinajstić information content (AvgIpc) is 2.36. The van der Waals surface area contributed by atoms with Crippen LogP contribution in [0, 0.1) is 0 Å². The SMILES string of the molecule is CCCC(C)(N)C(=O)NCC(C)(C)c1ccc(Cl)cc1.Cl. The van der Waals surface area contributed by atoms with Crippen molar-refractivity contribution in [1.29, 1.82) is 0 Å². The maximum Gasteiger partial charge on any atom is 0.239 e. The Balaban J connectivity index is 0.00000400. The Bertz CT molecular complexity index is 456. The van der Waals surface area contributed by atoms with Gasteiger partial charge in [0.1, 0.15) is 0 Å². The van der Waals surface area contributed by atoms with Gasteiger partial charge in [0.05, 0.1) is 5.54 Å². The van der Waals surface area contributed by atoms with Gasteiger partial charge in [0.2, 0.25) is 5.91 Å². The van der Waals surface area contributed by atoms with Crippen LogP contribution in [-0.4, -0.2) is 18.0 Å². The fourth-order valence-corrected chi connectivity index (χ4v) is 2.27. The first kappa shape index (κ1) is 20.2. The lowest BCUT2D eigenvalue weighted by Crippen LogP contribution is -2.53. The highest BCUT2D eigenvalue weighted by atomic mass is 35.5. The van der Waals surface area contributed by atoms with Crippen molar-refractivity contribution in [2.24, 2.45) is 5.73 Å². The van der Waals surface area contributed by atoms with Crippen LogP contribution < -0.4 is 11.1 Å². The van der Waals surface area contributed by atoms with Crippen molar-refractivity contribution in [1.82, 2.24) is 5.32 Å². The van der Waals surface area contributed by atoms with Crippen molar-refractivity contribution in [3.63, 3.8) is 0 Å². The van der Waals surface area contributed by atoms with Gasteiger partial charge in [-0.05, 0) is 31.0 Å². The molecule has 21 heavy (non-hydrogen) atoms. The van der Waals surface area contributed by atoms with Crippen LogP contribution >= 0.6 is 24.0 Å². The molecule has 0 radical (unpaired) electrons. The number of rotatable bonds is 6. The molecular weight excluding hydrogens is 307 g/mol. The summed E-state index contributed by atoms with van der Waals surface area (Å²) in [4.78, 5) is 12.1. The van der Waals surface area contributed by atoms with Crippen molar-refractivity contribution in [3.05, 3.63) is 34.9 Å². The number of amides is 1. The first-order valence-electron chi connectivity index (χ1n) is 7.02. The van der Waals surface area contributed by atoms with Gasteiger partial charge >= 0.3 is 0 Å². The Morgan fingerprint density at radius 2 is 1.76 bits per heavy atom. The summed E-state index contributed by atoms with van der Waals surface area (Å²) in [7, 11) is 0. The van der Waals surface area contributed by atoms with Crippen LogP contribution in [0.1, 0.15) is 46.1 Å². The molecule has 3 N–H and O–H groups in total. The fourth-order valence-electron chi connectivity index (χ4n) is 2.14. The van der Waals surface area contributed by atoms with Crippen LogP contribution in [0.2, 0.25) is 5.02 Å². The van der Waals surface area contributed by atoms with Gasteiger partial charge in [-0.25, -0.2) is 0 Å². The standard InChI is InChI=1S/C16H25ClN2O.ClH/c1-5-10-16(4,18)14(20)19-11-15(2,3)12-6-8-13(17)9-7-12;/h6-9H,5,10-11,18H2,1-4H3,(H,19,20);1H. The molecule has 1 amide bonds. The van der Waals surface area contributed by atoms with Gasteiger partial charge in [-0.1, -0.05) is 50.9 Å². The maximum atomic E-state index is 12.1. The molecule has 0 fully saturated rings. The summed E-state index contributed by atoms with van der Waals surface area (Å²) in [5.74, 6) is -0.0959. The summed E-state index contributed by atoms with van der Waals surface area (Å²) >= 11 is 5.90. The molecule has 0 bridgehead atoms. The topological polar surface area (TPSA) is 55.1 Å². The van der Waals surface area contributed by atoms with Gasteiger partial charge in [0.25, 0.3) is 0 Å². The fraction of sp³-hybridized carbons (Fsp3) is 0.562. The summed E-state index contributed by atoms with van der Waals surface area (Å²) in [6, 6.07) is 7.71. The predicted molar refractivity (Wildman–Crippen MR) is 92.2 cm³/mol. The zero-order valence-electron chi connectivity index (χ0n) is 13.2. The number of carbonyl (C=O) groups excluding carboxylic acids is 1.